The molecule has 0 spiro atoms. The molecule has 1 N–H and O–H groups in total. The first-order valence-corrected chi connectivity index (χ1v) is 5.31. The van der Waals surface area contributed by atoms with E-state index in [1.165, 1.54) is 0 Å². The molecule has 0 aliphatic carbocycles. The third-order valence-electron chi connectivity index (χ3n) is 1.93. The minimum Gasteiger partial charge on any atom is -0.478 e. The van der Waals surface area contributed by atoms with E-state index < -0.39 is 5.97 Å². The van der Waals surface area contributed by atoms with Crippen LogP contribution in [-0.2, 0) is 11.2 Å². The van der Waals surface area contributed by atoms with Crippen LogP contribution in [0.1, 0.15) is 12.5 Å². The summed E-state index contributed by atoms with van der Waals surface area (Å²) < 4.78 is 0.876. The predicted molar refractivity (Wildman–Crippen MR) is 64.5 cm³/mol. The molecule has 0 aliphatic heterocycles. The van der Waals surface area contributed by atoms with Crippen molar-refractivity contribution in [3.63, 3.8) is 0 Å². The zero-order chi connectivity index (χ0) is 10.6. The van der Waals surface area contributed by atoms with E-state index in [-0.39, 0.29) is 0 Å². The Labute approximate surface area is 96.8 Å². The lowest BCUT2D eigenvalue weighted by molar-refractivity contribution is -0.132. The van der Waals surface area contributed by atoms with Crippen molar-refractivity contribution < 1.29 is 9.90 Å². The third kappa shape index (κ3) is 3.14. The van der Waals surface area contributed by atoms with Crippen molar-refractivity contribution >= 4 is 28.6 Å². The van der Waals surface area contributed by atoms with Gasteiger partial charge in [0, 0.05) is 15.6 Å². The Bertz CT molecular complexity index is 355. The molecule has 0 atom stereocenters. The normalized spacial score (nSPS) is 12.1. The molecule has 1 aromatic rings. The number of carboxylic acids is 1. The molecule has 0 aromatic heterocycles. The Morgan fingerprint density at radius 2 is 1.93 bits per heavy atom. The first-order valence-electron chi connectivity index (χ1n) is 4.23. The second-order valence-electron chi connectivity index (χ2n) is 3.00. The SMILES string of the molecule is CC(C(=O)O)=C(I)Cc1ccccc1. The molecule has 0 fully saturated rings. The second-order valence-corrected chi connectivity index (χ2v) is 4.30. The summed E-state index contributed by atoms with van der Waals surface area (Å²) in [5.74, 6) is -0.842. The van der Waals surface area contributed by atoms with E-state index in [0.29, 0.717) is 12.0 Å². The molecule has 0 amide bonds. The lowest BCUT2D eigenvalue weighted by Gasteiger charge is -2.02. The number of benzene rings is 1. The average Bonchev–Trinajstić information content (AvgIpc) is 2.18. The fraction of sp³-hybridized carbons (Fsp3) is 0.182. The number of carbonyl (C=O) groups is 1. The zero-order valence-corrected chi connectivity index (χ0v) is 9.98. The van der Waals surface area contributed by atoms with E-state index in [9.17, 15) is 4.79 Å². The van der Waals surface area contributed by atoms with Crippen LogP contribution in [0.4, 0.5) is 0 Å². The lowest BCUT2D eigenvalue weighted by atomic mass is 10.1. The Kier molecular flexibility index (Phi) is 4.13. The molecule has 0 radical (unpaired) electrons. The van der Waals surface area contributed by atoms with Gasteiger partial charge < -0.3 is 5.11 Å². The Hall–Kier alpha value is -0.840. The van der Waals surface area contributed by atoms with Crippen LogP contribution in [0.25, 0.3) is 0 Å². The molecule has 1 aromatic carbocycles. The van der Waals surface area contributed by atoms with Gasteiger partial charge in [-0.15, -0.1) is 0 Å². The summed E-state index contributed by atoms with van der Waals surface area (Å²) in [6.45, 7) is 1.63. The number of halogens is 1. The van der Waals surface area contributed by atoms with E-state index in [2.05, 4.69) is 22.6 Å². The molecule has 3 heteroatoms. The van der Waals surface area contributed by atoms with Crippen LogP contribution >= 0.6 is 22.6 Å². The molecule has 2 nitrogen and oxygen atoms in total. The van der Waals surface area contributed by atoms with Gasteiger partial charge in [0.05, 0.1) is 0 Å². The number of carboxylic acid groups (broad SMARTS) is 1. The Morgan fingerprint density at radius 1 is 1.36 bits per heavy atom. The molecule has 0 bridgehead atoms. The van der Waals surface area contributed by atoms with E-state index in [1.54, 1.807) is 6.92 Å². The van der Waals surface area contributed by atoms with Crippen LogP contribution in [0.3, 0.4) is 0 Å². The molecule has 0 unspecified atom stereocenters. The van der Waals surface area contributed by atoms with Gasteiger partial charge in [0.2, 0.25) is 0 Å². The smallest absolute Gasteiger partial charge is 0.332 e. The molecular weight excluding hydrogens is 291 g/mol. The lowest BCUT2D eigenvalue weighted by Crippen LogP contribution is -1.99. The molecular formula is C11H11IO2. The minimum absolute atomic E-state index is 0.425. The summed E-state index contributed by atoms with van der Waals surface area (Å²) in [5.41, 5.74) is 1.56. The maximum atomic E-state index is 10.7. The van der Waals surface area contributed by atoms with Crippen molar-refractivity contribution in [3.8, 4) is 0 Å². The highest BCUT2D eigenvalue weighted by Gasteiger charge is 2.06. The fourth-order valence-electron chi connectivity index (χ4n) is 1.02. The van der Waals surface area contributed by atoms with Gasteiger partial charge in [0.25, 0.3) is 0 Å². The van der Waals surface area contributed by atoms with Gasteiger partial charge in [-0.25, -0.2) is 4.79 Å². The van der Waals surface area contributed by atoms with E-state index in [4.69, 9.17) is 5.11 Å². The van der Waals surface area contributed by atoms with Gasteiger partial charge in [-0.3, -0.25) is 0 Å². The van der Waals surface area contributed by atoms with Crippen molar-refractivity contribution in [2.75, 3.05) is 0 Å². The summed E-state index contributed by atoms with van der Waals surface area (Å²) in [4.78, 5) is 10.7. The molecule has 0 saturated carbocycles. The highest BCUT2D eigenvalue weighted by atomic mass is 127. The first kappa shape index (κ1) is 11.2. The summed E-state index contributed by atoms with van der Waals surface area (Å²) in [6.07, 6.45) is 0.694. The van der Waals surface area contributed by atoms with Crippen molar-refractivity contribution in [1.82, 2.24) is 0 Å². The summed E-state index contributed by atoms with van der Waals surface area (Å²) >= 11 is 2.09. The maximum absolute atomic E-state index is 10.7. The fourth-order valence-corrected chi connectivity index (χ4v) is 1.69. The van der Waals surface area contributed by atoms with Gasteiger partial charge in [-0.2, -0.15) is 0 Å². The summed E-state index contributed by atoms with van der Waals surface area (Å²) in [7, 11) is 0. The van der Waals surface area contributed by atoms with E-state index in [0.717, 1.165) is 9.14 Å². The third-order valence-corrected chi connectivity index (χ3v) is 3.12. The molecule has 1 rings (SSSR count). The summed E-state index contributed by atoms with van der Waals surface area (Å²) in [6, 6.07) is 9.84. The number of hydrogen-bond acceptors (Lipinski definition) is 1. The molecule has 0 aliphatic rings. The quantitative estimate of drug-likeness (QED) is 0.688. The minimum atomic E-state index is -0.842. The number of rotatable bonds is 3. The van der Waals surface area contributed by atoms with Crippen molar-refractivity contribution in [3.05, 3.63) is 45.0 Å². The van der Waals surface area contributed by atoms with Gasteiger partial charge >= 0.3 is 5.97 Å². The average molecular weight is 302 g/mol. The number of allylic oxidation sites excluding steroid dienone is 1. The van der Waals surface area contributed by atoms with Crippen LogP contribution in [0.5, 0.6) is 0 Å². The van der Waals surface area contributed by atoms with Crippen LogP contribution in [0, 0.1) is 0 Å². The molecule has 14 heavy (non-hydrogen) atoms. The van der Waals surface area contributed by atoms with Gasteiger partial charge in [-0.05, 0) is 35.1 Å². The van der Waals surface area contributed by atoms with Crippen molar-refractivity contribution in [2.45, 2.75) is 13.3 Å². The Balaban J connectivity index is 2.80. The maximum Gasteiger partial charge on any atom is 0.332 e. The Morgan fingerprint density at radius 3 is 2.43 bits per heavy atom. The topological polar surface area (TPSA) is 37.3 Å². The molecule has 0 heterocycles. The van der Waals surface area contributed by atoms with E-state index >= 15 is 0 Å². The van der Waals surface area contributed by atoms with Crippen LogP contribution in [0.15, 0.2) is 39.5 Å². The van der Waals surface area contributed by atoms with Crippen LogP contribution in [0.2, 0.25) is 0 Å². The molecule has 74 valence electrons. The summed E-state index contributed by atoms with van der Waals surface area (Å²) in [5, 5.41) is 8.77. The van der Waals surface area contributed by atoms with E-state index in [1.807, 2.05) is 30.3 Å². The van der Waals surface area contributed by atoms with Gasteiger partial charge in [0.15, 0.2) is 0 Å². The van der Waals surface area contributed by atoms with Crippen LogP contribution < -0.4 is 0 Å². The van der Waals surface area contributed by atoms with Gasteiger partial charge in [0.1, 0.15) is 0 Å². The van der Waals surface area contributed by atoms with Gasteiger partial charge in [-0.1, -0.05) is 30.3 Å². The highest BCUT2D eigenvalue weighted by molar-refractivity contribution is 14.1. The monoisotopic (exact) mass is 302 g/mol. The predicted octanol–water partition coefficient (Wildman–Crippen LogP) is 3.02. The zero-order valence-electron chi connectivity index (χ0n) is 7.83. The number of hydrogen-bond donors (Lipinski definition) is 1. The number of aliphatic carboxylic acids is 1. The van der Waals surface area contributed by atoms with Crippen molar-refractivity contribution in [1.29, 1.82) is 0 Å². The largest absolute Gasteiger partial charge is 0.478 e. The van der Waals surface area contributed by atoms with Crippen LogP contribution in [-0.4, -0.2) is 11.1 Å². The standard InChI is InChI=1S/C11H11IO2/c1-8(11(13)14)10(12)7-9-5-3-2-4-6-9/h2-6H,7H2,1H3,(H,13,14). The second kappa shape index (κ2) is 5.14. The molecule has 0 saturated heterocycles. The highest BCUT2D eigenvalue weighted by Crippen LogP contribution is 2.18. The first-order chi connectivity index (χ1) is 6.61. The van der Waals surface area contributed by atoms with Crippen molar-refractivity contribution in [2.24, 2.45) is 0 Å².